The van der Waals surface area contributed by atoms with Crippen molar-refractivity contribution in [3.05, 3.63) is 34.9 Å². The van der Waals surface area contributed by atoms with E-state index in [4.69, 9.17) is 0 Å². The molecule has 1 unspecified atom stereocenters. The van der Waals surface area contributed by atoms with E-state index in [2.05, 4.69) is 77.0 Å². The fraction of sp³-hybridized carbons (Fsp3) is 0.600. The molecule has 0 aliphatic heterocycles. The third-order valence-corrected chi connectivity index (χ3v) is 5.67. The van der Waals surface area contributed by atoms with Gasteiger partial charge in [0.1, 0.15) is 14.2 Å². The highest BCUT2D eigenvalue weighted by molar-refractivity contribution is 6.83. The molecule has 2 heteroatoms. The minimum Gasteiger partial charge on any atom is -0.376 e. The maximum atomic E-state index is 10.4. The Hall–Kier alpha value is -1.04. The van der Waals surface area contributed by atoms with E-state index in [1.807, 2.05) is 0 Å². The standard InChI is InChI=1S/C20H30OSi/c1-19(2)11-12-20(3,4)17-14-15(8-9-16(17)19)18(21)10-13-22(5,6)7/h8-9,14,18,21H,11-12H2,1-7H3. The number of fused-ring (bicyclic) bond motifs is 1. The van der Waals surface area contributed by atoms with Gasteiger partial charge >= 0.3 is 0 Å². The molecule has 120 valence electrons. The van der Waals surface area contributed by atoms with Gasteiger partial charge in [0.25, 0.3) is 0 Å². The minimum absolute atomic E-state index is 0.173. The molecule has 1 aliphatic carbocycles. The third kappa shape index (κ3) is 3.64. The Morgan fingerprint density at radius 2 is 1.55 bits per heavy atom. The Kier molecular flexibility index (Phi) is 4.37. The van der Waals surface area contributed by atoms with E-state index >= 15 is 0 Å². The smallest absolute Gasteiger partial charge is 0.139 e. The van der Waals surface area contributed by atoms with Gasteiger partial charge in [-0.3, -0.25) is 0 Å². The van der Waals surface area contributed by atoms with Crippen molar-refractivity contribution in [3.63, 3.8) is 0 Å². The molecule has 1 aliphatic rings. The monoisotopic (exact) mass is 314 g/mol. The van der Waals surface area contributed by atoms with Gasteiger partial charge in [-0.25, -0.2) is 0 Å². The highest BCUT2D eigenvalue weighted by atomic mass is 28.3. The summed E-state index contributed by atoms with van der Waals surface area (Å²) in [6.07, 6.45) is 1.73. The summed E-state index contributed by atoms with van der Waals surface area (Å²) in [6.45, 7) is 15.9. The van der Waals surface area contributed by atoms with Crippen LogP contribution < -0.4 is 0 Å². The molecule has 0 radical (unpaired) electrons. The second-order valence-electron chi connectivity index (χ2n) is 8.99. The Labute approximate surface area is 137 Å². The van der Waals surface area contributed by atoms with Crippen LogP contribution in [-0.2, 0) is 10.8 Å². The first-order valence-corrected chi connectivity index (χ1v) is 11.8. The van der Waals surface area contributed by atoms with Gasteiger partial charge in [-0.2, -0.15) is 0 Å². The van der Waals surface area contributed by atoms with Gasteiger partial charge in [0, 0.05) is 0 Å². The molecule has 0 spiro atoms. The first-order chi connectivity index (χ1) is 9.92. The summed E-state index contributed by atoms with van der Waals surface area (Å²) in [6, 6.07) is 6.47. The first-order valence-electron chi connectivity index (χ1n) is 8.28. The molecule has 0 amide bonds. The average Bonchev–Trinajstić information content (AvgIpc) is 2.40. The van der Waals surface area contributed by atoms with Crippen molar-refractivity contribution < 1.29 is 5.11 Å². The lowest BCUT2D eigenvalue weighted by Gasteiger charge is -2.42. The zero-order valence-electron chi connectivity index (χ0n) is 15.2. The molecule has 1 aromatic rings. The topological polar surface area (TPSA) is 20.2 Å². The lowest BCUT2D eigenvalue weighted by Crippen LogP contribution is -2.34. The Bertz CT molecular complexity index is 623. The van der Waals surface area contributed by atoms with Crippen LogP contribution in [0.4, 0.5) is 0 Å². The van der Waals surface area contributed by atoms with Gasteiger partial charge in [0.05, 0.1) is 0 Å². The van der Waals surface area contributed by atoms with E-state index in [9.17, 15) is 5.11 Å². The minimum atomic E-state index is -1.45. The highest BCUT2D eigenvalue weighted by Gasteiger charge is 2.37. The van der Waals surface area contributed by atoms with Crippen molar-refractivity contribution in [2.24, 2.45) is 0 Å². The van der Waals surface area contributed by atoms with Crippen LogP contribution in [0.3, 0.4) is 0 Å². The second-order valence-corrected chi connectivity index (χ2v) is 13.7. The lowest BCUT2D eigenvalue weighted by atomic mass is 9.63. The molecular formula is C20H30OSi. The molecule has 0 bridgehead atoms. The number of aliphatic hydroxyl groups excluding tert-OH is 1. The maximum Gasteiger partial charge on any atom is 0.139 e. The van der Waals surface area contributed by atoms with E-state index in [1.165, 1.54) is 24.0 Å². The van der Waals surface area contributed by atoms with Crippen LogP contribution in [-0.4, -0.2) is 13.2 Å². The summed E-state index contributed by atoms with van der Waals surface area (Å²) in [4.78, 5) is 0. The molecule has 0 saturated carbocycles. The third-order valence-electron chi connectivity index (χ3n) is 4.78. The fourth-order valence-corrected chi connectivity index (χ4v) is 3.71. The van der Waals surface area contributed by atoms with Crippen LogP contribution in [0.2, 0.25) is 19.6 Å². The van der Waals surface area contributed by atoms with Crippen molar-refractivity contribution >= 4 is 8.07 Å². The van der Waals surface area contributed by atoms with Crippen molar-refractivity contribution in [1.82, 2.24) is 0 Å². The van der Waals surface area contributed by atoms with Gasteiger partial charge in [0.15, 0.2) is 0 Å². The van der Waals surface area contributed by atoms with Gasteiger partial charge in [0.2, 0.25) is 0 Å². The molecule has 0 heterocycles. The number of rotatable bonds is 1. The van der Waals surface area contributed by atoms with Crippen LogP contribution in [0.1, 0.15) is 63.3 Å². The zero-order valence-corrected chi connectivity index (χ0v) is 16.2. The summed E-state index contributed by atoms with van der Waals surface area (Å²) in [5.41, 5.74) is 7.42. The lowest BCUT2D eigenvalue weighted by molar-refractivity contribution is 0.237. The van der Waals surface area contributed by atoms with Crippen LogP contribution in [0.5, 0.6) is 0 Å². The van der Waals surface area contributed by atoms with E-state index in [-0.39, 0.29) is 10.8 Å². The molecule has 1 N–H and O–H groups in total. The van der Waals surface area contributed by atoms with E-state index in [0.29, 0.717) is 0 Å². The SMILES string of the molecule is CC1(C)CCC(C)(C)c2cc(C(O)C#C[Si](C)(C)C)ccc21. The first kappa shape index (κ1) is 17.3. The van der Waals surface area contributed by atoms with E-state index < -0.39 is 14.2 Å². The second kappa shape index (κ2) is 5.55. The Morgan fingerprint density at radius 1 is 1.00 bits per heavy atom. The molecule has 1 nitrogen and oxygen atoms in total. The van der Waals surface area contributed by atoms with Crippen LogP contribution in [0.15, 0.2) is 18.2 Å². The van der Waals surface area contributed by atoms with Crippen molar-refractivity contribution in [2.75, 3.05) is 0 Å². The molecular weight excluding hydrogens is 284 g/mol. The molecule has 2 rings (SSSR count). The van der Waals surface area contributed by atoms with Crippen LogP contribution in [0, 0.1) is 11.5 Å². The highest BCUT2D eigenvalue weighted by Crippen LogP contribution is 2.46. The number of aliphatic hydroxyl groups is 1. The average molecular weight is 315 g/mol. The van der Waals surface area contributed by atoms with Crippen molar-refractivity contribution in [3.8, 4) is 11.5 Å². The predicted octanol–water partition coefficient (Wildman–Crippen LogP) is 4.95. The summed E-state index contributed by atoms with van der Waals surface area (Å²) in [5, 5.41) is 10.4. The quantitative estimate of drug-likeness (QED) is 0.574. The fourth-order valence-electron chi connectivity index (χ4n) is 3.14. The zero-order chi connectivity index (χ0) is 16.8. The number of hydrogen-bond donors (Lipinski definition) is 1. The molecule has 1 aromatic carbocycles. The summed E-state index contributed by atoms with van der Waals surface area (Å²) < 4.78 is 0. The molecule has 1 atom stereocenters. The Balaban J connectivity index is 2.44. The normalized spacial score (nSPS) is 20.5. The summed E-state index contributed by atoms with van der Waals surface area (Å²) in [7, 11) is -1.45. The van der Waals surface area contributed by atoms with Gasteiger partial charge < -0.3 is 5.11 Å². The van der Waals surface area contributed by atoms with E-state index in [1.54, 1.807) is 0 Å². The van der Waals surface area contributed by atoms with E-state index in [0.717, 1.165) is 5.56 Å². The molecule has 0 aromatic heterocycles. The molecule has 0 saturated heterocycles. The Morgan fingerprint density at radius 3 is 2.09 bits per heavy atom. The van der Waals surface area contributed by atoms with Gasteiger partial charge in [-0.05, 0) is 40.4 Å². The number of benzene rings is 1. The van der Waals surface area contributed by atoms with Gasteiger partial charge in [-0.1, -0.05) is 71.5 Å². The molecule has 0 fully saturated rings. The van der Waals surface area contributed by atoms with Crippen molar-refractivity contribution in [1.29, 1.82) is 0 Å². The maximum absolute atomic E-state index is 10.4. The largest absolute Gasteiger partial charge is 0.376 e. The van der Waals surface area contributed by atoms with Gasteiger partial charge in [-0.15, -0.1) is 5.54 Å². The molecule has 22 heavy (non-hydrogen) atoms. The predicted molar refractivity (Wildman–Crippen MR) is 97.8 cm³/mol. The summed E-state index contributed by atoms with van der Waals surface area (Å²) in [5.74, 6) is 3.06. The van der Waals surface area contributed by atoms with Crippen LogP contribution >= 0.6 is 0 Å². The number of hydrogen-bond acceptors (Lipinski definition) is 1. The van der Waals surface area contributed by atoms with Crippen molar-refractivity contribution in [2.45, 2.75) is 77.1 Å². The summed E-state index contributed by atoms with van der Waals surface area (Å²) >= 11 is 0. The van der Waals surface area contributed by atoms with Crippen LogP contribution in [0.25, 0.3) is 0 Å².